The fourth-order valence-electron chi connectivity index (χ4n) is 1.21. The average molecular weight is 287 g/mol. The molecule has 0 atom stereocenters. The fraction of sp³-hybridized carbons (Fsp3) is 0.182. The van der Waals surface area contributed by atoms with Crippen molar-refractivity contribution in [3.63, 3.8) is 0 Å². The second-order valence-electron chi connectivity index (χ2n) is 3.37. The summed E-state index contributed by atoms with van der Waals surface area (Å²) >= 11 is 0. The number of nitrogens with zero attached hydrogens (tertiary/aromatic N) is 2. The summed E-state index contributed by atoms with van der Waals surface area (Å²) in [5.74, 6) is 0.296. The van der Waals surface area contributed by atoms with Gasteiger partial charge in [0.15, 0.2) is 0 Å². The van der Waals surface area contributed by atoms with Crippen LogP contribution in [0.3, 0.4) is 0 Å². The molecule has 1 N–H and O–H groups in total. The summed E-state index contributed by atoms with van der Waals surface area (Å²) < 4.78 is 42.0. The fourth-order valence-corrected chi connectivity index (χ4v) is 1.21. The summed E-state index contributed by atoms with van der Waals surface area (Å²) in [5, 5.41) is 9.54. The molecule has 20 heavy (non-hydrogen) atoms. The number of halogens is 3. The molecule has 0 amide bonds. The van der Waals surface area contributed by atoms with Gasteiger partial charge in [-0.25, -0.2) is 0 Å². The van der Waals surface area contributed by atoms with Crippen molar-refractivity contribution < 1.29 is 27.5 Å². The van der Waals surface area contributed by atoms with Gasteiger partial charge in [0.25, 0.3) is 5.88 Å². The van der Waals surface area contributed by atoms with Crippen molar-refractivity contribution in [2.45, 2.75) is 12.8 Å². The smallest absolute Gasteiger partial charge is 0.416 e. The molecule has 2 rings (SSSR count). The highest BCUT2D eigenvalue weighted by atomic mass is 19.4. The van der Waals surface area contributed by atoms with Crippen LogP contribution in [0.5, 0.6) is 5.88 Å². The summed E-state index contributed by atoms with van der Waals surface area (Å²) in [4.78, 5) is 16.2. The summed E-state index contributed by atoms with van der Waals surface area (Å²) in [7, 11) is 0. The van der Waals surface area contributed by atoms with Crippen molar-refractivity contribution in [2.75, 3.05) is 0 Å². The summed E-state index contributed by atoms with van der Waals surface area (Å²) in [6.07, 6.45) is -2.68. The molecule has 0 aliphatic heterocycles. The van der Waals surface area contributed by atoms with Crippen molar-refractivity contribution in [2.24, 2.45) is 0 Å². The van der Waals surface area contributed by atoms with Gasteiger partial charge >= 0.3 is 12.3 Å². The number of aromatic amines is 1. The van der Waals surface area contributed by atoms with Gasteiger partial charge in [0.1, 0.15) is 12.8 Å². The van der Waals surface area contributed by atoms with Crippen LogP contribution in [0, 0.1) is 0 Å². The van der Waals surface area contributed by atoms with Gasteiger partial charge in [-0.2, -0.15) is 33.1 Å². The minimum atomic E-state index is -4.31. The highest BCUT2D eigenvalue weighted by Gasteiger charge is 2.29. The largest absolute Gasteiger partial charge is 0.471 e. The van der Waals surface area contributed by atoms with E-state index in [0.29, 0.717) is 11.4 Å². The normalized spacial score (nSPS) is 10.2. The predicted molar refractivity (Wildman–Crippen MR) is 57.2 cm³/mol. The van der Waals surface area contributed by atoms with Gasteiger partial charge in [0, 0.05) is 0 Å². The third-order valence-corrected chi connectivity index (χ3v) is 2.06. The van der Waals surface area contributed by atoms with Crippen molar-refractivity contribution in [1.82, 2.24) is 15.4 Å². The standard InChI is InChI=1S/C10H8F3N3O.CO2/c11-10(12,13)8-3-1-7(2-4-8)6-17-9-5-14-16-15-9;2-1-3/h1-5H,6H2,(H,14,15,16);. The first kappa shape index (κ1) is 15.4. The number of alkyl halides is 3. The molecular weight excluding hydrogens is 279 g/mol. The van der Waals surface area contributed by atoms with E-state index in [1.54, 1.807) is 0 Å². The van der Waals surface area contributed by atoms with Crippen molar-refractivity contribution in [3.8, 4) is 5.88 Å². The lowest BCUT2D eigenvalue weighted by atomic mass is 10.1. The van der Waals surface area contributed by atoms with Crippen LogP contribution in [0.2, 0.25) is 0 Å². The first-order valence-corrected chi connectivity index (χ1v) is 5.11. The molecule has 0 spiro atoms. The van der Waals surface area contributed by atoms with E-state index in [9.17, 15) is 13.2 Å². The Kier molecular flexibility index (Phi) is 5.42. The van der Waals surface area contributed by atoms with Crippen molar-refractivity contribution in [1.29, 1.82) is 0 Å². The van der Waals surface area contributed by atoms with E-state index in [4.69, 9.17) is 14.3 Å². The van der Waals surface area contributed by atoms with E-state index in [1.165, 1.54) is 18.3 Å². The maximum Gasteiger partial charge on any atom is 0.416 e. The van der Waals surface area contributed by atoms with E-state index in [-0.39, 0.29) is 12.8 Å². The maximum atomic E-state index is 12.3. The highest BCUT2D eigenvalue weighted by molar-refractivity contribution is 5.24. The zero-order valence-corrected chi connectivity index (χ0v) is 9.85. The quantitative estimate of drug-likeness (QED) is 0.930. The summed E-state index contributed by atoms with van der Waals surface area (Å²) in [6, 6.07) is 4.76. The van der Waals surface area contributed by atoms with Gasteiger partial charge in [-0.3, -0.25) is 0 Å². The molecule has 1 aromatic heterocycles. The number of nitrogens with one attached hydrogen (secondary N) is 1. The molecule has 1 heterocycles. The van der Waals surface area contributed by atoms with Crippen LogP contribution in [0.25, 0.3) is 0 Å². The Bertz CT molecular complexity index is 547. The third-order valence-electron chi connectivity index (χ3n) is 2.06. The maximum absolute atomic E-state index is 12.3. The molecule has 0 aliphatic carbocycles. The van der Waals surface area contributed by atoms with Gasteiger partial charge in [-0.15, -0.1) is 5.10 Å². The topological polar surface area (TPSA) is 84.9 Å². The van der Waals surface area contributed by atoms with Crippen LogP contribution in [-0.4, -0.2) is 21.6 Å². The average Bonchev–Trinajstić information content (AvgIpc) is 2.90. The van der Waals surface area contributed by atoms with E-state index in [1.807, 2.05) is 0 Å². The zero-order chi connectivity index (χ0) is 15.0. The molecule has 0 bridgehead atoms. The Morgan fingerprint density at radius 3 is 2.25 bits per heavy atom. The Morgan fingerprint density at radius 1 is 1.20 bits per heavy atom. The number of aromatic nitrogens is 3. The second kappa shape index (κ2) is 7.05. The Morgan fingerprint density at radius 2 is 1.80 bits per heavy atom. The molecule has 1 aromatic carbocycles. The molecule has 0 fully saturated rings. The third kappa shape index (κ3) is 4.91. The molecule has 2 aromatic rings. The number of hydrogen-bond donors (Lipinski definition) is 1. The Hall–Kier alpha value is -2.67. The van der Waals surface area contributed by atoms with Crippen LogP contribution in [-0.2, 0) is 22.4 Å². The molecule has 0 aliphatic rings. The first-order chi connectivity index (χ1) is 9.47. The predicted octanol–water partition coefficient (Wildman–Crippen LogP) is 1.82. The van der Waals surface area contributed by atoms with Crippen LogP contribution in [0.1, 0.15) is 11.1 Å². The van der Waals surface area contributed by atoms with Crippen LogP contribution in [0.15, 0.2) is 30.5 Å². The SMILES string of the molecule is FC(F)(F)c1ccc(COc2cn[nH]n2)cc1.O=C=O. The number of ether oxygens (including phenoxy) is 1. The lowest BCUT2D eigenvalue weighted by Gasteiger charge is -2.07. The molecule has 0 saturated carbocycles. The number of hydrogen-bond acceptors (Lipinski definition) is 5. The Balaban J connectivity index is 0.000000612. The lowest BCUT2D eigenvalue weighted by molar-refractivity contribution is -0.191. The van der Waals surface area contributed by atoms with Crippen LogP contribution in [0.4, 0.5) is 13.2 Å². The molecular formula is C11H8F3N3O3. The molecule has 0 saturated heterocycles. The number of carbonyl (C=O) groups excluding carboxylic acids is 2. The molecule has 0 unspecified atom stereocenters. The monoisotopic (exact) mass is 287 g/mol. The summed E-state index contributed by atoms with van der Waals surface area (Å²) in [6.45, 7) is 0.144. The van der Waals surface area contributed by atoms with Crippen molar-refractivity contribution >= 4 is 6.15 Å². The molecule has 0 radical (unpaired) electrons. The van der Waals surface area contributed by atoms with E-state index in [0.717, 1.165) is 12.1 Å². The first-order valence-electron chi connectivity index (χ1n) is 5.11. The van der Waals surface area contributed by atoms with Crippen LogP contribution >= 0.6 is 0 Å². The number of H-pyrrole nitrogens is 1. The number of rotatable bonds is 3. The van der Waals surface area contributed by atoms with E-state index < -0.39 is 11.7 Å². The second-order valence-corrected chi connectivity index (χ2v) is 3.37. The lowest BCUT2D eigenvalue weighted by Crippen LogP contribution is -2.05. The van der Waals surface area contributed by atoms with Gasteiger partial charge in [0.2, 0.25) is 0 Å². The highest BCUT2D eigenvalue weighted by Crippen LogP contribution is 2.29. The van der Waals surface area contributed by atoms with Gasteiger partial charge in [-0.1, -0.05) is 12.1 Å². The zero-order valence-electron chi connectivity index (χ0n) is 9.85. The van der Waals surface area contributed by atoms with Crippen molar-refractivity contribution in [3.05, 3.63) is 41.6 Å². The number of benzene rings is 1. The van der Waals surface area contributed by atoms with E-state index >= 15 is 0 Å². The van der Waals surface area contributed by atoms with Gasteiger partial charge in [-0.05, 0) is 17.7 Å². The van der Waals surface area contributed by atoms with Gasteiger partial charge in [0.05, 0.1) is 5.56 Å². The van der Waals surface area contributed by atoms with E-state index in [2.05, 4.69) is 15.4 Å². The molecule has 6 nitrogen and oxygen atoms in total. The summed E-state index contributed by atoms with van der Waals surface area (Å²) in [5.41, 5.74) is -0.0521. The van der Waals surface area contributed by atoms with Crippen LogP contribution < -0.4 is 4.74 Å². The Labute approximate surface area is 110 Å². The molecule has 106 valence electrons. The minimum Gasteiger partial charge on any atom is -0.471 e. The minimum absolute atomic E-state index is 0.144. The molecule has 9 heteroatoms. The van der Waals surface area contributed by atoms with Gasteiger partial charge < -0.3 is 4.74 Å².